The van der Waals surface area contributed by atoms with Crippen molar-refractivity contribution in [3.8, 4) is 11.3 Å². The summed E-state index contributed by atoms with van der Waals surface area (Å²) in [7, 11) is 0. The maximum absolute atomic E-state index is 12.5. The fraction of sp³-hybridized carbons (Fsp3) is 0.174. The van der Waals surface area contributed by atoms with Crippen molar-refractivity contribution in [3.63, 3.8) is 0 Å². The molecule has 0 aliphatic carbocycles. The number of para-hydroxylation sites is 1. The number of amides is 2. The molecule has 1 heterocycles. The Hall–Kier alpha value is -4.05. The van der Waals surface area contributed by atoms with Gasteiger partial charge in [-0.2, -0.15) is 0 Å². The van der Waals surface area contributed by atoms with Crippen molar-refractivity contribution in [2.75, 3.05) is 10.6 Å². The van der Waals surface area contributed by atoms with Crippen molar-refractivity contribution in [1.82, 2.24) is 5.32 Å². The van der Waals surface area contributed by atoms with Gasteiger partial charge in [0.05, 0.1) is 10.5 Å². The molecule has 0 fully saturated rings. The average Bonchev–Trinajstić information content (AvgIpc) is 3.28. The highest BCUT2D eigenvalue weighted by Crippen LogP contribution is 2.30. The fourth-order valence-electron chi connectivity index (χ4n) is 3.01. The number of carbonyl (C=O) groups is 2. The lowest BCUT2D eigenvalue weighted by Gasteiger charge is -2.11. The van der Waals surface area contributed by atoms with E-state index in [0.717, 1.165) is 12.8 Å². The SMILES string of the molecule is CCCCC(=O)Nc1cccc(NC(=S)NC(=O)c2ccc(-c3ccccc3[N+](=O)[O-])o2)c1. The van der Waals surface area contributed by atoms with Gasteiger partial charge in [-0.05, 0) is 55.0 Å². The average molecular weight is 467 g/mol. The first-order valence-electron chi connectivity index (χ1n) is 10.2. The van der Waals surface area contributed by atoms with E-state index in [-0.39, 0.29) is 33.8 Å². The third-order valence-corrected chi connectivity index (χ3v) is 4.79. The van der Waals surface area contributed by atoms with Crippen LogP contribution in [-0.2, 0) is 4.79 Å². The highest BCUT2D eigenvalue weighted by Gasteiger charge is 2.19. The van der Waals surface area contributed by atoms with Crippen molar-refractivity contribution in [2.45, 2.75) is 26.2 Å². The minimum absolute atomic E-state index is 0.0260. The summed E-state index contributed by atoms with van der Waals surface area (Å²) in [6.07, 6.45) is 2.19. The second kappa shape index (κ2) is 11.0. The minimum atomic E-state index is -0.610. The highest BCUT2D eigenvalue weighted by molar-refractivity contribution is 7.80. The number of nitrogens with one attached hydrogen (secondary N) is 3. The molecule has 0 saturated heterocycles. The third-order valence-electron chi connectivity index (χ3n) is 4.58. The van der Waals surface area contributed by atoms with Crippen molar-refractivity contribution >= 4 is 46.2 Å². The molecule has 0 aliphatic rings. The van der Waals surface area contributed by atoms with E-state index in [4.69, 9.17) is 16.6 Å². The lowest BCUT2D eigenvalue weighted by atomic mass is 10.1. The number of hydrogen-bond donors (Lipinski definition) is 3. The van der Waals surface area contributed by atoms with Crippen molar-refractivity contribution in [3.05, 3.63) is 76.5 Å². The van der Waals surface area contributed by atoms with E-state index in [1.54, 1.807) is 42.5 Å². The van der Waals surface area contributed by atoms with Crippen LogP contribution in [0, 0.1) is 10.1 Å². The van der Waals surface area contributed by atoms with E-state index < -0.39 is 10.8 Å². The Balaban J connectivity index is 1.62. The molecule has 3 aromatic rings. The Labute approximate surface area is 195 Å². The lowest BCUT2D eigenvalue weighted by Crippen LogP contribution is -2.33. The number of rotatable bonds is 8. The molecule has 3 rings (SSSR count). The molecule has 0 radical (unpaired) electrons. The molecule has 2 amide bonds. The lowest BCUT2D eigenvalue weighted by molar-refractivity contribution is -0.384. The summed E-state index contributed by atoms with van der Waals surface area (Å²) < 4.78 is 5.52. The number of thiocarbonyl (C=S) groups is 1. The Morgan fingerprint density at radius 1 is 1.03 bits per heavy atom. The van der Waals surface area contributed by atoms with Gasteiger partial charge in [0.25, 0.3) is 11.6 Å². The monoisotopic (exact) mass is 466 g/mol. The molecule has 0 aliphatic heterocycles. The third kappa shape index (κ3) is 6.47. The van der Waals surface area contributed by atoms with Gasteiger partial charge in [-0.3, -0.25) is 25.0 Å². The standard InChI is InChI=1S/C23H22N4O5S/c1-2-3-11-21(28)24-15-7-6-8-16(14-15)25-23(33)26-22(29)20-13-12-19(32-20)17-9-4-5-10-18(17)27(30)31/h4-10,12-14H,2-3,11H2,1H3,(H,24,28)(H2,25,26,29,33). The van der Waals surface area contributed by atoms with Gasteiger partial charge in [0.15, 0.2) is 10.9 Å². The number of nitro groups is 1. The summed E-state index contributed by atoms with van der Waals surface area (Å²) in [6, 6.07) is 15.9. The second-order valence-corrected chi connectivity index (χ2v) is 7.49. The number of nitrogens with zero attached hydrogens (tertiary/aromatic N) is 1. The van der Waals surface area contributed by atoms with Crippen LogP contribution in [0.2, 0.25) is 0 Å². The van der Waals surface area contributed by atoms with Gasteiger partial charge in [0.2, 0.25) is 5.91 Å². The van der Waals surface area contributed by atoms with E-state index in [1.807, 2.05) is 6.92 Å². The van der Waals surface area contributed by atoms with Crippen LogP contribution >= 0.6 is 12.2 Å². The molecule has 0 unspecified atom stereocenters. The van der Waals surface area contributed by atoms with Crippen LogP contribution in [0.1, 0.15) is 36.7 Å². The van der Waals surface area contributed by atoms with Crippen molar-refractivity contribution in [2.24, 2.45) is 0 Å². The summed E-state index contributed by atoms with van der Waals surface area (Å²) in [4.78, 5) is 35.1. The maximum Gasteiger partial charge on any atom is 0.293 e. The van der Waals surface area contributed by atoms with E-state index in [9.17, 15) is 19.7 Å². The summed E-state index contributed by atoms with van der Waals surface area (Å²) >= 11 is 5.19. The number of nitro benzene ring substituents is 1. The van der Waals surface area contributed by atoms with Gasteiger partial charge >= 0.3 is 0 Å². The Kier molecular flexibility index (Phi) is 7.87. The molecular formula is C23H22N4O5S. The van der Waals surface area contributed by atoms with Crippen LogP contribution in [0.4, 0.5) is 17.1 Å². The molecule has 33 heavy (non-hydrogen) atoms. The molecule has 9 nitrogen and oxygen atoms in total. The maximum atomic E-state index is 12.5. The van der Waals surface area contributed by atoms with Gasteiger partial charge in [-0.25, -0.2) is 0 Å². The molecule has 2 aromatic carbocycles. The first-order valence-corrected chi connectivity index (χ1v) is 10.6. The quantitative estimate of drug-likeness (QED) is 0.239. The van der Waals surface area contributed by atoms with Gasteiger partial charge in [0.1, 0.15) is 5.76 Å². The molecule has 0 atom stereocenters. The molecule has 0 bridgehead atoms. The molecule has 170 valence electrons. The summed E-state index contributed by atoms with van der Waals surface area (Å²) in [5, 5.41) is 19.4. The van der Waals surface area contributed by atoms with Crippen LogP contribution < -0.4 is 16.0 Å². The Morgan fingerprint density at radius 3 is 2.48 bits per heavy atom. The molecule has 10 heteroatoms. The molecule has 0 spiro atoms. The number of unbranched alkanes of at least 4 members (excludes halogenated alkanes) is 1. The van der Waals surface area contributed by atoms with E-state index in [0.29, 0.717) is 17.8 Å². The van der Waals surface area contributed by atoms with Crippen LogP contribution in [-0.4, -0.2) is 21.9 Å². The summed E-state index contributed by atoms with van der Waals surface area (Å²) in [6.45, 7) is 2.02. The molecular weight excluding hydrogens is 444 g/mol. The first kappa shape index (κ1) is 23.6. The number of carbonyl (C=O) groups excluding carboxylic acids is 2. The second-order valence-electron chi connectivity index (χ2n) is 7.08. The number of benzene rings is 2. The van der Waals surface area contributed by atoms with Gasteiger partial charge in [-0.1, -0.05) is 31.5 Å². The smallest absolute Gasteiger partial charge is 0.293 e. The van der Waals surface area contributed by atoms with Gasteiger partial charge in [-0.15, -0.1) is 0 Å². The predicted molar refractivity (Wildman–Crippen MR) is 129 cm³/mol. The van der Waals surface area contributed by atoms with Gasteiger partial charge < -0.3 is 15.1 Å². The van der Waals surface area contributed by atoms with Crippen molar-refractivity contribution in [1.29, 1.82) is 0 Å². The van der Waals surface area contributed by atoms with E-state index in [2.05, 4.69) is 16.0 Å². The predicted octanol–water partition coefficient (Wildman–Crippen LogP) is 5.11. The van der Waals surface area contributed by atoms with E-state index >= 15 is 0 Å². The number of anilines is 2. The summed E-state index contributed by atoms with van der Waals surface area (Å²) in [5.41, 5.74) is 1.32. The van der Waals surface area contributed by atoms with Crippen molar-refractivity contribution < 1.29 is 18.9 Å². The topological polar surface area (TPSA) is 127 Å². The number of hydrogen-bond acceptors (Lipinski definition) is 6. The summed E-state index contributed by atoms with van der Waals surface area (Å²) in [5.74, 6) is -0.541. The van der Waals surface area contributed by atoms with Crippen LogP contribution in [0.5, 0.6) is 0 Å². The van der Waals surface area contributed by atoms with Gasteiger partial charge in [0, 0.05) is 23.9 Å². The number of furan rings is 1. The minimum Gasteiger partial charge on any atom is -0.451 e. The molecule has 3 N–H and O–H groups in total. The zero-order valence-electron chi connectivity index (χ0n) is 17.8. The van der Waals surface area contributed by atoms with Crippen LogP contribution in [0.3, 0.4) is 0 Å². The van der Waals surface area contributed by atoms with Crippen LogP contribution in [0.15, 0.2) is 65.1 Å². The molecule has 0 saturated carbocycles. The largest absolute Gasteiger partial charge is 0.451 e. The zero-order chi connectivity index (χ0) is 23.8. The normalized spacial score (nSPS) is 10.3. The Bertz CT molecular complexity index is 1190. The van der Waals surface area contributed by atoms with Crippen LogP contribution in [0.25, 0.3) is 11.3 Å². The highest BCUT2D eigenvalue weighted by atomic mass is 32.1. The Morgan fingerprint density at radius 2 is 1.76 bits per heavy atom. The van der Waals surface area contributed by atoms with E-state index in [1.165, 1.54) is 18.2 Å². The first-order chi connectivity index (χ1) is 15.9. The fourth-order valence-corrected chi connectivity index (χ4v) is 3.22. The zero-order valence-corrected chi connectivity index (χ0v) is 18.6. The molecule has 1 aromatic heterocycles.